The van der Waals surface area contributed by atoms with Crippen LogP contribution in [0.25, 0.3) is 0 Å². The van der Waals surface area contributed by atoms with Crippen molar-refractivity contribution in [2.75, 3.05) is 17.2 Å². The van der Waals surface area contributed by atoms with Crippen LogP contribution in [0.2, 0.25) is 0 Å². The molecule has 1 aromatic carbocycles. The van der Waals surface area contributed by atoms with Gasteiger partial charge in [0.05, 0.1) is 5.69 Å². The molecule has 16 heavy (non-hydrogen) atoms. The van der Waals surface area contributed by atoms with Gasteiger partial charge in [-0.15, -0.1) is 0 Å². The Morgan fingerprint density at radius 2 is 2.38 bits per heavy atom. The molecule has 0 aliphatic carbocycles. The molecule has 2 rings (SSSR count). The molecule has 0 spiro atoms. The molecule has 0 bridgehead atoms. The van der Waals surface area contributed by atoms with E-state index in [1.165, 1.54) is 0 Å². The smallest absolute Gasteiger partial charge is 0.262 e. The molecule has 1 aliphatic rings. The number of fused-ring (bicyclic) bond motifs is 1. The van der Waals surface area contributed by atoms with Gasteiger partial charge in [0.1, 0.15) is 5.75 Å². The normalized spacial score (nSPS) is 13.4. The molecule has 0 fully saturated rings. The minimum absolute atomic E-state index is 0.0121. The van der Waals surface area contributed by atoms with Gasteiger partial charge in [0.15, 0.2) is 6.61 Å². The first-order chi connectivity index (χ1) is 7.69. The number of hydrogen-bond acceptors (Lipinski definition) is 3. The highest BCUT2D eigenvalue weighted by Gasteiger charge is 2.16. The van der Waals surface area contributed by atoms with Crippen molar-refractivity contribution in [3.63, 3.8) is 0 Å². The molecule has 0 saturated heterocycles. The van der Waals surface area contributed by atoms with Gasteiger partial charge in [0, 0.05) is 18.2 Å². The summed E-state index contributed by atoms with van der Waals surface area (Å²) in [4.78, 5) is 22.2. The van der Waals surface area contributed by atoms with E-state index in [0.717, 1.165) is 0 Å². The molecule has 0 aromatic heterocycles. The summed E-state index contributed by atoms with van der Waals surface area (Å²) in [5.41, 5.74) is 1.30. The fraction of sp³-hybridized carbons (Fsp3) is 0.273. The Hall–Kier alpha value is -2.04. The van der Waals surface area contributed by atoms with Crippen LogP contribution in [0.5, 0.6) is 5.75 Å². The van der Waals surface area contributed by atoms with Gasteiger partial charge in [-0.05, 0) is 12.1 Å². The van der Waals surface area contributed by atoms with E-state index in [1.54, 1.807) is 25.1 Å². The third-order valence-electron chi connectivity index (χ3n) is 2.22. The Morgan fingerprint density at radius 1 is 1.56 bits per heavy atom. The number of rotatable bonds is 2. The maximum absolute atomic E-state index is 11.2. The quantitative estimate of drug-likeness (QED) is 0.790. The average molecular weight is 220 g/mol. The van der Waals surface area contributed by atoms with Crippen molar-refractivity contribution in [1.82, 2.24) is 0 Å². The molecule has 5 nitrogen and oxygen atoms in total. The molecule has 1 heterocycles. The van der Waals surface area contributed by atoms with Crippen LogP contribution in [0, 0.1) is 0 Å². The number of benzene rings is 1. The van der Waals surface area contributed by atoms with Crippen LogP contribution in [0.3, 0.4) is 0 Å². The first-order valence-corrected chi connectivity index (χ1v) is 5.05. The molecule has 5 heteroatoms. The summed E-state index contributed by atoms with van der Waals surface area (Å²) >= 11 is 0. The molecule has 0 radical (unpaired) electrons. The van der Waals surface area contributed by atoms with Crippen molar-refractivity contribution >= 4 is 23.2 Å². The summed E-state index contributed by atoms with van der Waals surface area (Å²) in [5, 5.41) is 5.40. The molecule has 2 amide bonds. The summed E-state index contributed by atoms with van der Waals surface area (Å²) in [5.74, 6) is 0.353. The third-order valence-corrected chi connectivity index (χ3v) is 2.22. The van der Waals surface area contributed by atoms with Gasteiger partial charge in [-0.25, -0.2) is 0 Å². The lowest BCUT2D eigenvalue weighted by Gasteiger charge is -2.18. The highest BCUT2D eigenvalue weighted by atomic mass is 16.5. The third kappa shape index (κ3) is 2.13. The zero-order chi connectivity index (χ0) is 11.5. The lowest BCUT2D eigenvalue weighted by Crippen LogP contribution is -2.25. The first-order valence-electron chi connectivity index (χ1n) is 5.05. The number of amides is 2. The summed E-state index contributed by atoms with van der Waals surface area (Å²) < 4.78 is 5.23. The van der Waals surface area contributed by atoms with Crippen molar-refractivity contribution in [3.05, 3.63) is 18.2 Å². The highest BCUT2D eigenvalue weighted by molar-refractivity contribution is 5.96. The number of ether oxygens (including phenoxy) is 1. The van der Waals surface area contributed by atoms with Crippen LogP contribution in [-0.4, -0.2) is 18.4 Å². The highest BCUT2D eigenvalue weighted by Crippen LogP contribution is 2.30. The summed E-state index contributed by atoms with van der Waals surface area (Å²) in [6.45, 7) is 1.79. The number of anilines is 2. The maximum atomic E-state index is 11.2. The molecule has 1 aromatic rings. The second kappa shape index (κ2) is 4.22. The van der Waals surface area contributed by atoms with E-state index in [1.807, 2.05) is 0 Å². The molecule has 84 valence electrons. The second-order valence-electron chi connectivity index (χ2n) is 3.45. The molecule has 1 aliphatic heterocycles. The van der Waals surface area contributed by atoms with E-state index in [-0.39, 0.29) is 18.4 Å². The SMILES string of the molecule is CCC(=O)Nc1ccc2c(c1)OCC(=O)N2. The second-order valence-corrected chi connectivity index (χ2v) is 3.45. The Kier molecular flexibility index (Phi) is 2.76. The van der Waals surface area contributed by atoms with Crippen molar-refractivity contribution in [1.29, 1.82) is 0 Å². The molecule has 0 atom stereocenters. The molecule has 0 unspecified atom stereocenters. The van der Waals surface area contributed by atoms with Crippen molar-refractivity contribution in [2.45, 2.75) is 13.3 Å². The summed E-state index contributed by atoms with van der Waals surface area (Å²) in [7, 11) is 0. The predicted molar refractivity (Wildman–Crippen MR) is 59.5 cm³/mol. The van der Waals surface area contributed by atoms with E-state index in [0.29, 0.717) is 23.5 Å². The monoisotopic (exact) mass is 220 g/mol. The predicted octanol–water partition coefficient (Wildman–Crippen LogP) is 1.37. The average Bonchev–Trinajstić information content (AvgIpc) is 2.29. The van der Waals surface area contributed by atoms with E-state index in [2.05, 4.69) is 10.6 Å². The van der Waals surface area contributed by atoms with E-state index < -0.39 is 0 Å². The zero-order valence-corrected chi connectivity index (χ0v) is 8.87. The minimum Gasteiger partial charge on any atom is -0.482 e. The Morgan fingerprint density at radius 3 is 3.12 bits per heavy atom. The molecule has 0 saturated carbocycles. The number of nitrogens with one attached hydrogen (secondary N) is 2. The topological polar surface area (TPSA) is 67.4 Å². The van der Waals surface area contributed by atoms with Gasteiger partial charge in [-0.3, -0.25) is 9.59 Å². The van der Waals surface area contributed by atoms with Crippen LogP contribution in [-0.2, 0) is 9.59 Å². The Labute approximate surface area is 92.8 Å². The number of hydrogen-bond donors (Lipinski definition) is 2. The van der Waals surface area contributed by atoms with Crippen LogP contribution in [0.15, 0.2) is 18.2 Å². The van der Waals surface area contributed by atoms with Crippen LogP contribution in [0.1, 0.15) is 13.3 Å². The summed E-state index contributed by atoms with van der Waals surface area (Å²) in [6.07, 6.45) is 0.425. The summed E-state index contributed by atoms with van der Waals surface area (Å²) in [6, 6.07) is 5.13. The van der Waals surface area contributed by atoms with Gasteiger partial charge in [-0.2, -0.15) is 0 Å². The van der Waals surface area contributed by atoms with Gasteiger partial charge < -0.3 is 15.4 Å². The fourth-order valence-corrected chi connectivity index (χ4v) is 1.40. The number of carbonyl (C=O) groups is 2. The van der Waals surface area contributed by atoms with Crippen LogP contribution in [0.4, 0.5) is 11.4 Å². The van der Waals surface area contributed by atoms with E-state index in [4.69, 9.17) is 4.74 Å². The van der Waals surface area contributed by atoms with Crippen LogP contribution >= 0.6 is 0 Å². The fourth-order valence-electron chi connectivity index (χ4n) is 1.40. The van der Waals surface area contributed by atoms with Crippen molar-refractivity contribution in [2.24, 2.45) is 0 Å². The van der Waals surface area contributed by atoms with Gasteiger partial charge in [-0.1, -0.05) is 6.92 Å². The van der Waals surface area contributed by atoms with E-state index >= 15 is 0 Å². The lowest BCUT2D eigenvalue weighted by atomic mass is 10.2. The largest absolute Gasteiger partial charge is 0.482 e. The van der Waals surface area contributed by atoms with Gasteiger partial charge >= 0.3 is 0 Å². The lowest BCUT2D eigenvalue weighted by molar-refractivity contribution is -0.118. The molecule has 2 N–H and O–H groups in total. The Bertz CT molecular complexity index is 443. The van der Waals surface area contributed by atoms with Gasteiger partial charge in [0.25, 0.3) is 5.91 Å². The van der Waals surface area contributed by atoms with Crippen LogP contribution < -0.4 is 15.4 Å². The van der Waals surface area contributed by atoms with Crippen molar-refractivity contribution < 1.29 is 14.3 Å². The minimum atomic E-state index is -0.169. The number of carbonyl (C=O) groups excluding carboxylic acids is 2. The maximum Gasteiger partial charge on any atom is 0.262 e. The Balaban J connectivity index is 2.19. The molecular formula is C11H12N2O3. The van der Waals surface area contributed by atoms with Crippen molar-refractivity contribution in [3.8, 4) is 5.75 Å². The standard InChI is InChI=1S/C11H12N2O3/c1-2-10(14)12-7-3-4-8-9(5-7)16-6-11(15)13-8/h3-5H,2,6H2,1H3,(H,12,14)(H,13,15). The molecular weight excluding hydrogens is 208 g/mol. The van der Waals surface area contributed by atoms with E-state index in [9.17, 15) is 9.59 Å². The zero-order valence-electron chi connectivity index (χ0n) is 8.87. The first kappa shape index (κ1) is 10.5. The van der Waals surface area contributed by atoms with Gasteiger partial charge in [0.2, 0.25) is 5.91 Å².